The van der Waals surface area contributed by atoms with E-state index in [2.05, 4.69) is 78.1 Å². The number of anilines is 1. The highest BCUT2D eigenvalue weighted by Crippen LogP contribution is 2.49. The molecule has 0 unspecified atom stereocenters. The lowest BCUT2D eigenvalue weighted by molar-refractivity contribution is 0.102. The molecule has 0 saturated carbocycles. The largest absolute Gasteiger partial charge is 0.322 e. The molecule has 4 heteroatoms. The fourth-order valence-corrected chi connectivity index (χ4v) is 7.85. The smallest absolute Gasteiger partial charge is 0.257 e. The van der Waals surface area contributed by atoms with Crippen molar-refractivity contribution in [1.29, 1.82) is 0 Å². The summed E-state index contributed by atoms with van der Waals surface area (Å²) in [6.45, 7) is 2.03. The summed E-state index contributed by atoms with van der Waals surface area (Å²) in [5.41, 5.74) is 3.12. The average Bonchev–Trinajstić information content (AvgIpc) is 2.94. The van der Waals surface area contributed by atoms with Crippen LogP contribution in [-0.2, 0) is 0 Å². The molecule has 36 heavy (non-hydrogen) atoms. The van der Waals surface area contributed by atoms with Gasteiger partial charge in [-0.05, 0) is 31.2 Å². The fourth-order valence-electron chi connectivity index (χ4n) is 4.30. The van der Waals surface area contributed by atoms with Gasteiger partial charge in [0.05, 0.1) is 18.3 Å². The van der Waals surface area contributed by atoms with Crippen molar-refractivity contribution >= 4 is 40.2 Å². The lowest BCUT2D eigenvalue weighted by Crippen LogP contribution is -2.25. The van der Waals surface area contributed by atoms with E-state index in [9.17, 15) is 4.79 Å². The van der Waals surface area contributed by atoms with Crippen LogP contribution in [0, 0.1) is 6.92 Å². The maximum Gasteiger partial charge on any atom is 0.257 e. The van der Waals surface area contributed by atoms with E-state index < -0.39 is 7.05 Å². The molecule has 0 radical (unpaired) electrons. The molecule has 0 spiro atoms. The van der Waals surface area contributed by atoms with E-state index in [1.54, 1.807) is 0 Å². The molecule has 1 N–H and O–H groups in total. The molecule has 5 aromatic carbocycles. The lowest BCUT2D eigenvalue weighted by Gasteiger charge is -2.27. The zero-order chi connectivity index (χ0) is 24.8. The van der Waals surface area contributed by atoms with Gasteiger partial charge in [-0.25, -0.2) is 0 Å². The lowest BCUT2D eigenvalue weighted by atomic mass is 10.1. The molecule has 5 rings (SSSR count). The standard InChI is InChI=1S/C32H27N2OP/c1-25-21-23-26(24-22-25)33-32(35)30-19-11-12-20-31(30)34-36(27-13-5-2-6-14-27,28-15-7-3-8-16-28)29-17-9-4-10-18-29/h2-24H,1H3,(H,33,35). The zero-order valence-electron chi connectivity index (χ0n) is 20.1. The topological polar surface area (TPSA) is 41.5 Å². The Balaban J connectivity index is 1.75. The van der Waals surface area contributed by atoms with E-state index in [0.717, 1.165) is 27.2 Å². The van der Waals surface area contributed by atoms with E-state index in [1.165, 1.54) is 0 Å². The van der Waals surface area contributed by atoms with Crippen molar-refractivity contribution in [3.63, 3.8) is 0 Å². The van der Waals surface area contributed by atoms with Gasteiger partial charge in [0, 0.05) is 21.6 Å². The minimum Gasteiger partial charge on any atom is -0.322 e. The number of hydrogen-bond donors (Lipinski definition) is 1. The normalized spacial score (nSPS) is 11.0. The van der Waals surface area contributed by atoms with E-state index >= 15 is 0 Å². The Morgan fingerprint density at radius 3 is 1.53 bits per heavy atom. The third kappa shape index (κ3) is 4.79. The first-order valence-electron chi connectivity index (χ1n) is 11.9. The summed E-state index contributed by atoms with van der Waals surface area (Å²) >= 11 is 0. The van der Waals surface area contributed by atoms with Crippen LogP contribution >= 0.6 is 7.05 Å². The van der Waals surface area contributed by atoms with Crippen molar-refractivity contribution in [2.24, 2.45) is 4.74 Å². The van der Waals surface area contributed by atoms with Crippen molar-refractivity contribution in [3.05, 3.63) is 151 Å². The van der Waals surface area contributed by atoms with Gasteiger partial charge < -0.3 is 5.32 Å². The summed E-state index contributed by atoms with van der Waals surface area (Å²) in [6.07, 6.45) is 0. The van der Waals surface area contributed by atoms with Crippen molar-refractivity contribution < 1.29 is 4.79 Å². The molecule has 0 saturated heterocycles. The molecule has 5 aromatic rings. The van der Waals surface area contributed by atoms with Gasteiger partial charge in [0.2, 0.25) is 0 Å². The molecule has 0 aliphatic rings. The second-order valence-corrected chi connectivity index (χ2v) is 11.6. The summed E-state index contributed by atoms with van der Waals surface area (Å²) < 4.78 is 5.53. The number of nitrogens with zero attached hydrogens (tertiary/aromatic N) is 1. The third-order valence-electron chi connectivity index (χ3n) is 6.11. The second kappa shape index (κ2) is 10.6. The molecule has 0 fully saturated rings. The van der Waals surface area contributed by atoms with Crippen LogP contribution in [0.15, 0.2) is 144 Å². The maximum absolute atomic E-state index is 13.5. The first-order valence-corrected chi connectivity index (χ1v) is 13.7. The Kier molecular flexibility index (Phi) is 6.93. The Morgan fingerprint density at radius 2 is 1.03 bits per heavy atom. The Hall–Kier alpha value is -4.20. The van der Waals surface area contributed by atoms with Crippen LogP contribution < -0.4 is 21.2 Å². The van der Waals surface area contributed by atoms with Crippen molar-refractivity contribution in [2.75, 3.05) is 5.32 Å². The Bertz CT molecular complexity index is 1410. The van der Waals surface area contributed by atoms with Gasteiger partial charge in [-0.1, -0.05) is 121 Å². The number of rotatable bonds is 6. The molecule has 0 bridgehead atoms. The molecule has 0 heterocycles. The molecule has 1 amide bonds. The van der Waals surface area contributed by atoms with Gasteiger partial charge in [-0.3, -0.25) is 9.54 Å². The Labute approximate surface area is 212 Å². The van der Waals surface area contributed by atoms with Gasteiger partial charge in [-0.2, -0.15) is 0 Å². The summed E-state index contributed by atoms with van der Waals surface area (Å²) in [6, 6.07) is 46.7. The van der Waals surface area contributed by atoms with Gasteiger partial charge in [0.25, 0.3) is 5.91 Å². The molecule has 176 valence electrons. The molecule has 0 aromatic heterocycles. The number of hydrogen-bond acceptors (Lipinski definition) is 2. The molecule has 3 nitrogen and oxygen atoms in total. The minimum atomic E-state index is -2.49. The van der Waals surface area contributed by atoms with E-state index in [0.29, 0.717) is 11.3 Å². The van der Waals surface area contributed by atoms with Crippen molar-refractivity contribution in [3.8, 4) is 0 Å². The molecule has 0 aliphatic carbocycles. The fraction of sp³-hybridized carbons (Fsp3) is 0.0312. The van der Waals surface area contributed by atoms with Crippen LogP contribution in [0.25, 0.3) is 0 Å². The first-order chi connectivity index (χ1) is 17.7. The quantitative estimate of drug-likeness (QED) is 0.257. The predicted molar refractivity (Wildman–Crippen MR) is 153 cm³/mol. The summed E-state index contributed by atoms with van der Waals surface area (Å²) in [5, 5.41) is 6.45. The summed E-state index contributed by atoms with van der Waals surface area (Å²) in [7, 11) is -2.49. The van der Waals surface area contributed by atoms with Gasteiger partial charge in [0.15, 0.2) is 0 Å². The van der Waals surface area contributed by atoms with Crippen LogP contribution in [-0.4, -0.2) is 5.91 Å². The van der Waals surface area contributed by atoms with Gasteiger partial charge >= 0.3 is 0 Å². The molecule has 0 aliphatic heterocycles. The second-order valence-electron chi connectivity index (χ2n) is 8.58. The SMILES string of the molecule is Cc1ccc(NC(=O)c2ccccc2N=P(c2ccccc2)(c2ccccc2)c2ccccc2)cc1. The molecular weight excluding hydrogens is 459 g/mol. The number of nitrogens with one attached hydrogen (secondary N) is 1. The first kappa shape index (κ1) is 23.5. The van der Waals surface area contributed by atoms with Gasteiger partial charge in [0.1, 0.15) is 0 Å². The highest BCUT2D eigenvalue weighted by Gasteiger charge is 2.28. The monoisotopic (exact) mass is 486 g/mol. The third-order valence-corrected chi connectivity index (χ3v) is 9.76. The zero-order valence-corrected chi connectivity index (χ0v) is 21.0. The van der Waals surface area contributed by atoms with Crippen molar-refractivity contribution in [1.82, 2.24) is 0 Å². The van der Waals surface area contributed by atoms with Crippen molar-refractivity contribution in [2.45, 2.75) is 6.92 Å². The summed E-state index contributed by atoms with van der Waals surface area (Å²) in [5.74, 6) is -0.175. The molecular formula is C32H27N2OP. The van der Waals surface area contributed by atoms with E-state index in [-0.39, 0.29) is 5.91 Å². The molecule has 0 atom stereocenters. The highest BCUT2D eigenvalue weighted by molar-refractivity contribution is 7.87. The van der Waals surface area contributed by atoms with Gasteiger partial charge in [-0.15, -0.1) is 0 Å². The maximum atomic E-state index is 13.5. The highest BCUT2D eigenvalue weighted by atomic mass is 31.2. The van der Waals surface area contributed by atoms with E-state index in [1.807, 2.05) is 73.7 Å². The number of carbonyl (C=O) groups is 1. The number of aryl methyl sites for hydroxylation is 1. The van der Waals surface area contributed by atoms with Crippen LogP contribution in [0.2, 0.25) is 0 Å². The number of amides is 1. The van der Waals surface area contributed by atoms with Crippen LogP contribution in [0.1, 0.15) is 15.9 Å². The summed E-state index contributed by atoms with van der Waals surface area (Å²) in [4.78, 5) is 13.5. The van der Waals surface area contributed by atoms with E-state index in [4.69, 9.17) is 4.74 Å². The predicted octanol–water partition coefficient (Wildman–Crippen LogP) is 7.06. The Morgan fingerprint density at radius 1 is 0.583 bits per heavy atom. The number of carbonyl (C=O) groups excluding carboxylic acids is 1. The average molecular weight is 487 g/mol. The minimum absolute atomic E-state index is 0.175. The number of benzene rings is 5. The van der Waals surface area contributed by atoms with Crippen LogP contribution in [0.4, 0.5) is 11.4 Å². The van der Waals surface area contributed by atoms with Crippen LogP contribution in [0.3, 0.4) is 0 Å². The van der Waals surface area contributed by atoms with Crippen LogP contribution in [0.5, 0.6) is 0 Å².